The van der Waals surface area contributed by atoms with E-state index in [9.17, 15) is 9.59 Å². The monoisotopic (exact) mass is 384 g/mol. The predicted octanol–water partition coefficient (Wildman–Crippen LogP) is 3.37. The van der Waals surface area contributed by atoms with Crippen LogP contribution in [0.5, 0.6) is 0 Å². The molecule has 0 spiro atoms. The summed E-state index contributed by atoms with van der Waals surface area (Å²) in [5, 5.41) is 6.58. The SMILES string of the molecule is CC(C)NC(=O)[C@@H](NC(=O)c1ccc2nc(-n3cccc3)sc2c1)C(C)C. The van der Waals surface area contributed by atoms with Crippen LogP contribution < -0.4 is 10.6 Å². The second-order valence-electron chi connectivity index (χ2n) is 7.13. The summed E-state index contributed by atoms with van der Waals surface area (Å²) in [4.78, 5) is 29.7. The fourth-order valence-electron chi connectivity index (χ4n) is 2.76. The van der Waals surface area contributed by atoms with E-state index in [1.807, 2.05) is 68.9 Å². The minimum absolute atomic E-state index is 0.0137. The van der Waals surface area contributed by atoms with E-state index in [1.165, 1.54) is 11.3 Å². The van der Waals surface area contributed by atoms with Crippen LogP contribution in [0.25, 0.3) is 15.3 Å². The van der Waals surface area contributed by atoms with Crippen LogP contribution in [0.4, 0.5) is 0 Å². The van der Waals surface area contributed by atoms with Crippen molar-refractivity contribution in [2.75, 3.05) is 0 Å². The van der Waals surface area contributed by atoms with Crippen molar-refractivity contribution in [1.29, 1.82) is 0 Å². The number of nitrogens with zero attached hydrogens (tertiary/aromatic N) is 2. The lowest BCUT2D eigenvalue weighted by atomic mass is 10.0. The smallest absolute Gasteiger partial charge is 0.251 e. The van der Waals surface area contributed by atoms with E-state index in [0.717, 1.165) is 15.3 Å². The zero-order valence-corrected chi connectivity index (χ0v) is 16.7. The molecule has 0 bridgehead atoms. The van der Waals surface area contributed by atoms with Gasteiger partial charge >= 0.3 is 0 Å². The Hall–Kier alpha value is -2.67. The number of nitrogens with one attached hydrogen (secondary N) is 2. The number of rotatable bonds is 6. The summed E-state index contributed by atoms with van der Waals surface area (Å²) in [5.74, 6) is -0.437. The van der Waals surface area contributed by atoms with Crippen LogP contribution in [-0.2, 0) is 4.79 Å². The van der Waals surface area contributed by atoms with Gasteiger partial charge in [0.05, 0.1) is 10.2 Å². The van der Waals surface area contributed by atoms with Gasteiger partial charge < -0.3 is 15.2 Å². The maximum absolute atomic E-state index is 12.7. The normalized spacial score (nSPS) is 12.5. The summed E-state index contributed by atoms with van der Waals surface area (Å²) in [6, 6.07) is 8.75. The van der Waals surface area contributed by atoms with E-state index in [1.54, 1.807) is 6.07 Å². The molecule has 0 aliphatic carbocycles. The fourth-order valence-corrected chi connectivity index (χ4v) is 3.73. The Kier molecular flexibility index (Phi) is 5.60. The Morgan fingerprint density at radius 1 is 1.07 bits per heavy atom. The lowest BCUT2D eigenvalue weighted by Crippen LogP contribution is -2.51. The molecule has 1 atom stereocenters. The molecule has 3 aromatic rings. The quantitative estimate of drug-likeness (QED) is 0.684. The van der Waals surface area contributed by atoms with E-state index in [2.05, 4.69) is 15.6 Å². The van der Waals surface area contributed by atoms with E-state index in [4.69, 9.17) is 0 Å². The Labute approximate surface area is 162 Å². The Bertz CT molecular complexity index is 944. The average Bonchev–Trinajstić information content (AvgIpc) is 3.26. The highest BCUT2D eigenvalue weighted by atomic mass is 32.1. The second kappa shape index (κ2) is 7.92. The summed E-state index contributed by atoms with van der Waals surface area (Å²) < 4.78 is 2.87. The van der Waals surface area contributed by atoms with Gasteiger partial charge in [0.25, 0.3) is 5.91 Å². The van der Waals surface area contributed by atoms with Crippen LogP contribution in [0, 0.1) is 5.92 Å². The van der Waals surface area contributed by atoms with Gasteiger partial charge in [0, 0.05) is 24.0 Å². The molecule has 27 heavy (non-hydrogen) atoms. The lowest BCUT2D eigenvalue weighted by molar-refractivity contribution is -0.124. The van der Waals surface area contributed by atoms with Crippen molar-refractivity contribution in [2.24, 2.45) is 5.92 Å². The van der Waals surface area contributed by atoms with Gasteiger partial charge in [0.1, 0.15) is 6.04 Å². The third kappa shape index (κ3) is 4.36. The first-order valence-electron chi connectivity index (χ1n) is 9.00. The number of benzene rings is 1. The summed E-state index contributed by atoms with van der Waals surface area (Å²) in [6.45, 7) is 7.63. The summed E-state index contributed by atoms with van der Waals surface area (Å²) in [5.41, 5.74) is 1.37. The highest BCUT2D eigenvalue weighted by Crippen LogP contribution is 2.26. The number of amides is 2. The highest BCUT2D eigenvalue weighted by molar-refractivity contribution is 7.20. The Morgan fingerprint density at radius 3 is 2.41 bits per heavy atom. The van der Waals surface area contributed by atoms with Crippen molar-refractivity contribution in [3.05, 3.63) is 48.3 Å². The maximum atomic E-state index is 12.7. The third-order valence-corrected chi connectivity index (χ3v) is 5.16. The summed E-state index contributed by atoms with van der Waals surface area (Å²) >= 11 is 1.52. The molecule has 0 unspecified atom stereocenters. The zero-order chi connectivity index (χ0) is 19.6. The number of aromatic nitrogens is 2. The first kappa shape index (κ1) is 19.1. The van der Waals surface area contributed by atoms with Crippen LogP contribution in [0.1, 0.15) is 38.1 Å². The molecular formula is C20H24N4O2S. The Morgan fingerprint density at radius 2 is 1.78 bits per heavy atom. The molecule has 2 amide bonds. The minimum atomic E-state index is -0.576. The molecule has 2 aromatic heterocycles. The van der Waals surface area contributed by atoms with Gasteiger partial charge in [0.15, 0.2) is 5.13 Å². The fraction of sp³-hybridized carbons (Fsp3) is 0.350. The predicted molar refractivity (Wildman–Crippen MR) is 108 cm³/mol. The largest absolute Gasteiger partial charge is 0.352 e. The molecule has 0 radical (unpaired) electrons. The standard InChI is InChI=1S/C20H24N4O2S/c1-12(2)17(19(26)21-13(3)4)23-18(25)14-7-8-15-16(11-14)27-20(22-15)24-9-5-6-10-24/h5-13,17H,1-4H3,(H,21,26)(H,23,25)/t17-/m0/s1. The Balaban J connectivity index is 1.81. The molecule has 0 saturated carbocycles. The zero-order valence-electron chi connectivity index (χ0n) is 15.9. The van der Waals surface area contributed by atoms with Gasteiger partial charge in [-0.05, 0) is 50.1 Å². The molecule has 0 aliphatic rings. The first-order chi connectivity index (χ1) is 12.8. The molecule has 3 rings (SSSR count). The average molecular weight is 385 g/mol. The van der Waals surface area contributed by atoms with Gasteiger partial charge in [-0.15, -0.1) is 0 Å². The van der Waals surface area contributed by atoms with Gasteiger partial charge in [-0.1, -0.05) is 25.2 Å². The van der Waals surface area contributed by atoms with Crippen molar-refractivity contribution in [3.8, 4) is 5.13 Å². The van der Waals surface area contributed by atoms with Crippen LogP contribution in [0.3, 0.4) is 0 Å². The van der Waals surface area contributed by atoms with Gasteiger partial charge in [-0.2, -0.15) is 0 Å². The second-order valence-corrected chi connectivity index (χ2v) is 8.14. The lowest BCUT2D eigenvalue weighted by Gasteiger charge is -2.23. The van der Waals surface area contributed by atoms with Crippen molar-refractivity contribution < 1.29 is 9.59 Å². The van der Waals surface area contributed by atoms with E-state index in [0.29, 0.717) is 5.56 Å². The number of fused-ring (bicyclic) bond motifs is 1. The highest BCUT2D eigenvalue weighted by Gasteiger charge is 2.25. The first-order valence-corrected chi connectivity index (χ1v) is 9.82. The molecule has 6 nitrogen and oxygen atoms in total. The molecule has 1 aromatic carbocycles. The molecule has 0 aliphatic heterocycles. The molecule has 7 heteroatoms. The van der Waals surface area contributed by atoms with Crippen LogP contribution in [0.15, 0.2) is 42.7 Å². The van der Waals surface area contributed by atoms with Gasteiger partial charge in [-0.25, -0.2) is 4.98 Å². The van der Waals surface area contributed by atoms with Gasteiger partial charge in [0.2, 0.25) is 5.91 Å². The molecule has 0 fully saturated rings. The number of carbonyl (C=O) groups is 2. The molecule has 2 heterocycles. The number of thiazole rings is 1. The van der Waals surface area contributed by atoms with Crippen LogP contribution in [0.2, 0.25) is 0 Å². The molecular weight excluding hydrogens is 360 g/mol. The number of hydrogen-bond donors (Lipinski definition) is 2. The minimum Gasteiger partial charge on any atom is -0.352 e. The topological polar surface area (TPSA) is 76.0 Å². The van der Waals surface area contributed by atoms with E-state index >= 15 is 0 Å². The van der Waals surface area contributed by atoms with Crippen molar-refractivity contribution >= 4 is 33.4 Å². The van der Waals surface area contributed by atoms with Crippen LogP contribution in [-0.4, -0.2) is 33.4 Å². The number of hydrogen-bond acceptors (Lipinski definition) is 4. The molecule has 142 valence electrons. The van der Waals surface area contributed by atoms with Crippen LogP contribution >= 0.6 is 11.3 Å². The van der Waals surface area contributed by atoms with Gasteiger partial charge in [-0.3, -0.25) is 9.59 Å². The maximum Gasteiger partial charge on any atom is 0.251 e. The van der Waals surface area contributed by atoms with Crippen molar-refractivity contribution in [1.82, 2.24) is 20.2 Å². The van der Waals surface area contributed by atoms with Crippen molar-refractivity contribution in [3.63, 3.8) is 0 Å². The van der Waals surface area contributed by atoms with Crippen molar-refractivity contribution in [2.45, 2.75) is 39.8 Å². The number of carbonyl (C=O) groups excluding carboxylic acids is 2. The molecule has 2 N–H and O–H groups in total. The third-order valence-electron chi connectivity index (χ3n) is 4.13. The van der Waals surface area contributed by atoms with E-state index < -0.39 is 6.04 Å². The van der Waals surface area contributed by atoms with E-state index in [-0.39, 0.29) is 23.8 Å². The summed E-state index contributed by atoms with van der Waals surface area (Å²) in [6.07, 6.45) is 3.87. The summed E-state index contributed by atoms with van der Waals surface area (Å²) in [7, 11) is 0. The molecule has 0 saturated heterocycles.